The summed E-state index contributed by atoms with van der Waals surface area (Å²) < 4.78 is 0. The van der Waals surface area contributed by atoms with Crippen molar-refractivity contribution in [2.75, 3.05) is 6.54 Å². The molecule has 1 nitrogen and oxygen atoms in total. The van der Waals surface area contributed by atoms with Gasteiger partial charge in [-0.05, 0) is 43.5 Å². The molecule has 2 unspecified atom stereocenters. The average Bonchev–Trinajstić information content (AvgIpc) is 2.30. The van der Waals surface area contributed by atoms with Crippen LogP contribution in [0.25, 0.3) is 0 Å². The first-order valence-electron chi connectivity index (χ1n) is 6.11. The number of nitrogens with one attached hydrogen (secondary N) is 1. The van der Waals surface area contributed by atoms with Gasteiger partial charge in [-0.2, -0.15) is 0 Å². The Hall–Kier alpha value is -0.530. The highest BCUT2D eigenvalue weighted by Crippen LogP contribution is 2.10. The Bertz CT molecular complexity index is 294. The van der Waals surface area contributed by atoms with Gasteiger partial charge in [-0.1, -0.05) is 44.0 Å². The lowest BCUT2D eigenvalue weighted by Gasteiger charge is -2.19. The molecule has 0 aliphatic heterocycles. The molecule has 0 fully saturated rings. The van der Waals surface area contributed by atoms with Gasteiger partial charge in [-0.15, -0.1) is 0 Å². The molecule has 0 amide bonds. The van der Waals surface area contributed by atoms with Gasteiger partial charge >= 0.3 is 0 Å². The molecule has 1 rings (SSSR count). The van der Waals surface area contributed by atoms with E-state index in [0.29, 0.717) is 6.04 Å². The van der Waals surface area contributed by atoms with Crippen LogP contribution >= 0.6 is 11.6 Å². The minimum atomic E-state index is 0.595. The van der Waals surface area contributed by atoms with Crippen molar-refractivity contribution in [3.05, 3.63) is 34.9 Å². The average molecular weight is 240 g/mol. The number of rotatable bonds is 6. The van der Waals surface area contributed by atoms with E-state index in [1.165, 1.54) is 12.0 Å². The molecule has 0 aliphatic carbocycles. The minimum Gasteiger partial charge on any atom is -0.314 e. The van der Waals surface area contributed by atoms with Gasteiger partial charge in [0.15, 0.2) is 0 Å². The second-order valence-corrected chi connectivity index (χ2v) is 4.94. The van der Waals surface area contributed by atoms with Crippen LogP contribution in [0.2, 0.25) is 5.02 Å². The summed E-state index contributed by atoms with van der Waals surface area (Å²) in [6.45, 7) is 7.82. The summed E-state index contributed by atoms with van der Waals surface area (Å²) >= 11 is 5.84. The zero-order valence-electron chi connectivity index (χ0n) is 10.5. The summed E-state index contributed by atoms with van der Waals surface area (Å²) in [7, 11) is 0. The summed E-state index contributed by atoms with van der Waals surface area (Å²) in [4.78, 5) is 0. The van der Waals surface area contributed by atoms with Crippen LogP contribution in [0.5, 0.6) is 0 Å². The lowest BCUT2D eigenvalue weighted by atomic mass is 10.0. The third-order valence-corrected chi connectivity index (χ3v) is 3.54. The lowest BCUT2D eigenvalue weighted by Crippen LogP contribution is -2.33. The molecule has 0 radical (unpaired) electrons. The molecule has 0 bridgehead atoms. The van der Waals surface area contributed by atoms with Crippen molar-refractivity contribution in [2.45, 2.75) is 39.7 Å². The number of hydrogen-bond acceptors (Lipinski definition) is 1. The molecule has 0 spiro atoms. The van der Waals surface area contributed by atoms with Gasteiger partial charge in [0, 0.05) is 11.1 Å². The SMILES string of the molecule is CCC(C)C(C)NCCc1ccc(Cl)cc1. The van der Waals surface area contributed by atoms with Crippen LogP contribution in [0.15, 0.2) is 24.3 Å². The lowest BCUT2D eigenvalue weighted by molar-refractivity contribution is 0.393. The third-order valence-electron chi connectivity index (χ3n) is 3.29. The zero-order chi connectivity index (χ0) is 12.0. The van der Waals surface area contributed by atoms with Gasteiger partial charge in [0.2, 0.25) is 0 Å². The summed E-state index contributed by atoms with van der Waals surface area (Å²) in [6.07, 6.45) is 2.30. The monoisotopic (exact) mass is 239 g/mol. The van der Waals surface area contributed by atoms with Gasteiger partial charge in [0.1, 0.15) is 0 Å². The van der Waals surface area contributed by atoms with Crippen LogP contribution < -0.4 is 5.32 Å². The van der Waals surface area contributed by atoms with Crippen molar-refractivity contribution >= 4 is 11.6 Å². The predicted octanol–water partition coefficient (Wildman–Crippen LogP) is 3.91. The molecule has 90 valence electrons. The molecule has 2 heteroatoms. The summed E-state index contributed by atoms with van der Waals surface area (Å²) in [6, 6.07) is 8.69. The van der Waals surface area contributed by atoms with Crippen molar-refractivity contribution in [3.63, 3.8) is 0 Å². The summed E-state index contributed by atoms with van der Waals surface area (Å²) in [5.41, 5.74) is 1.34. The van der Waals surface area contributed by atoms with E-state index in [-0.39, 0.29) is 0 Å². The van der Waals surface area contributed by atoms with Gasteiger partial charge in [0.05, 0.1) is 0 Å². The molecule has 0 aliphatic rings. The maximum atomic E-state index is 5.84. The fraction of sp³-hybridized carbons (Fsp3) is 0.571. The van der Waals surface area contributed by atoms with Crippen LogP contribution in [-0.4, -0.2) is 12.6 Å². The molecule has 16 heavy (non-hydrogen) atoms. The topological polar surface area (TPSA) is 12.0 Å². The second-order valence-electron chi connectivity index (χ2n) is 4.50. The van der Waals surface area contributed by atoms with Crippen LogP contribution in [0.1, 0.15) is 32.8 Å². The Morgan fingerprint density at radius 2 is 1.81 bits per heavy atom. The predicted molar refractivity (Wildman–Crippen MR) is 72.1 cm³/mol. The molecule has 1 aromatic rings. The molecule has 0 heterocycles. The van der Waals surface area contributed by atoms with E-state index in [0.717, 1.165) is 23.9 Å². The van der Waals surface area contributed by atoms with E-state index in [4.69, 9.17) is 11.6 Å². The molecular weight excluding hydrogens is 218 g/mol. The second kappa shape index (κ2) is 6.93. The number of halogens is 1. The highest BCUT2D eigenvalue weighted by Gasteiger charge is 2.08. The Morgan fingerprint density at radius 3 is 2.38 bits per heavy atom. The van der Waals surface area contributed by atoms with E-state index >= 15 is 0 Å². The van der Waals surface area contributed by atoms with Crippen LogP contribution in [0.3, 0.4) is 0 Å². The van der Waals surface area contributed by atoms with E-state index < -0.39 is 0 Å². The standard InChI is InChI=1S/C14H22ClN/c1-4-11(2)12(3)16-10-9-13-5-7-14(15)8-6-13/h5-8,11-12,16H,4,9-10H2,1-3H3. The quantitative estimate of drug-likeness (QED) is 0.794. The Balaban J connectivity index is 2.27. The fourth-order valence-electron chi connectivity index (χ4n) is 1.65. The largest absolute Gasteiger partial charge is 0.314 e. The summed E-state index contributed by atoms with van der Waals surface area (Å²) in [5, 5.41) is 4.37. The highest BCUT2D eigenvalue weighted by atomic mass is 35.5. The molecule has 1 N–H and O–H groups in total. The molecule has 0 saturated heterocycles. The van der Waals surface area contributed by atoms with Crippen molar-refractivity contribution < 1.29 is 0 Å². The van der Waals surface area contributed by atoms with Crippen molar-refractivity contribution in [1.29, 1.82) is 0 Å². The van der Waals surface area contributed by atoms with E-state index in [1.807, 2.05) is 12.1 Å². The van der Waals surface area contributed by atoms with Crippen molar-refractivity contribution in [1.82, 2.24) is 5.32 Å². The van der Waals surface area contributed by atoms with Crippen molar-refractivity contribution in [2.24, 2.45) is 5.92 Å². The third kappa shape index (κ3) is 4.54. The first kappa shape index (κ1) is 13.5. The maximum absolute atomic E-state index is 5.84. The number of hydrogen-bond donors (Lipinski definition) is 1. The van der Waals surface area contributed by atoms with Gasteiger partial charge in [-0.3, -0.25) is 0 Å². The van der Waals surface area contributed by atoms with Gasteiger partial charge in [-0.25, -0.2) is 0 Å². The van der Waals surface area contributed by atoms with E-state index in [2.05, 4.69) is 38.2 Å². The van der Waals surface area contributed by atoms with Crippen molar-refractivity contribution in [3.8, 4) is 0 Å². The van der Waals surface area contributed by atoms with Crippen LogP contribution in [-0.2, 0) is 6.42 Å². The molecule has 0 saturated carbocycles. The van der Waals surface area contributed by atoms with Gasteiger partial charge < -0.3 is 5.32 Å². The minimum absolute atomic E-state index is 0.595. The highest BCUT2D eigenvalue weighted by molar-refractivity contribution is 6.30. The first-order chi connectivity index (χ1) is 7.63. The van der Waals surface area contributed by atoms with Gasteiger partial charge in [0.25, 0.3) is 0 Å². The first-order valence-corrected chi connectivity index (χ1v) is 6.49. The zero-order valence-corrected chi connectivity index (χ0v) is 11.2. The Morgan fingerprint density at radius 1 is 1.19 bits per heavy atom. The smallest absolute Gasteiger partial charge is 0.0406 e. The Kier molecular flexibility index (Phi) is 5.86. The van der Waals surface area contributed by atoms with Crippen LogP contribution in [0, 0.1) is 5.92 Å². The maximum Gasteiger partial charge on any atom is 0.0406 e. The van der Waals surface area contributed by atoms with E-state index in [1.54, 1.807) is 0 Å². The summed E-state index contributed by atoms with van der Waals surface area (Å²) in [5.74, 6) is 0.741. The Labute approximate surface area is 104 Å². The molecule has 2 atom stereocenters. The molecule has 0 aromatic heterocycles. The fourth-order valence-corrected chi connectivity index (χ4v) is 1.78. The normalized spacial score (nSPS) is 14.8. The molecular formula is C14H22ClN. The van der Waals surface area contributed by atoms with Crippen LogP contribution in [0.4, 0.5) is 0 Å². The van der Waals surface area contributed by atoms with E-state index in [9.17, 15) is 0 Å². The number of benzene rings is 1. The molecule has 1 aromatic carbocycles.